The molecule has 1 aliphatic heterocycles. The van der Waals surface area contributed by atoms with E-state index >= 15 is 0 Å². The first-order chi connectivity index (χ1) is 7.83. The van der Waals surface area contributed by atoms with Gasteiger partial charge in [-0.1, -0.05) is 20.3 Å². The molecule has 1 aromatic rings. The fourth-order valence-corrected chi connectivity index (χ4v) is 2.57. The Bertz CT molecular complexity index is 288. The van der Waals surface area contributed by atoms with Crippen LogP contribution in [0, 0.1) is 5.92 Å². The monoisotopic (exact) mass is 221 g/mol. The average molecular weight is 221 g/mol. The summed E-state index contributed by atoms with van der Waals surface area (Å²) in [5.41, 5.74) is 1.37. The summed E-state index contributed by atoms with van der Waals surface area (Å²) in [6, 6.07) is 4.88. The van der Waals surface area contributed by atoms with E-state index in [0.717, 1.165) is 26.2 Å². The van der Waals surface area contributed by atoms with Gasteiger partial charge in [-0.05, 0) is 18.1 Å². The molecule has 0 amide bonds. The molecular formula is C13H23N3. The lowest BCUT2D eigenvalue weighted by atomic mass is 9.94. The van der Waals surface area contributed by atoms with Crippen LogP contribution < -0.4 is 5.32 Å². The largest absolute Gasteiger partial charge is 0.364 e. The summed E-state index contributed by atoms with van der Waals surface area (Å²) in [5.74, 6) is 0.705. The van der Waals surface area contributed by atoms with E-state index in [-0.39, 0.29) is 0 Å². The van der Waals surface area contributed by atoms with Crippen LogP contribution in [0.2, 0.25) is 0 Å². The molecule has 0 aliphatic carbocycles. The minimum Gasteiger partial charge on any atom is -0.364 e. The number of nitrogens with zero attached hydrogens (tertiary/aromatic N) is 1. The highest BCUT2D eigenvalue weighted by Crippen LogP contribution is 2.29. The molecule has 3 nitrogen and oxygen atoms in total. The molecule has 1 saturated heterocycles. The van der Waals surface area contributed by atoms with E-state index in [1.165, 1.54) is 12.1 Å². The van der Waals surface area contributed by atoms with Crippen LogP contribution in [0.25, 0.3) is 0 Å². The summed E-state index contributed by atoms with van der Waals surface area (Å²) in [4.78, 5) is 6.00. The highest BCUT2D eigenvalue weighted by Gasteiger charge is 2.26. The van der Waals surface area contributed by atoms with Gasteiger partial charge in [0.1, 0.15) is 0 Å². The van der Waals surface area contributed by atoms with Crippen LogP contribution in [0.5, 0.6) is 0 Å². The SMILES string of the molecule is CCC(C)[C@H](c1ccc[nH]1)N1CCNCC1. The summed E-state index contributed by atoms with van der Waals surface area (Å²) >= 11 is 0. The third-order valence-corrected chi connectivity index (χ3v) is 3.67. The van der Waals surface area contributed by atoms with Gasteiger partial charge in [-0.25, -0.2) is 0 Å². The van der Waals surface area contributed by atoms with Gasteiger partial charge in [0.15, 0.2) is 0 Å². The quantitative estimate of drug-likeness (QED) is 0.815. The van der Waals surface area contributed by atoms with Crippen molar-refractivity contribution in [3.05, 3.63) is 24.0 Å². The topological polar surface area (TPSA) is 31.1 Å². The van der Waals surface area contributed by atoms with Gasteiger partial charge in [-0.2, -0.15) is 0 Å². The third kappa shape index (κ3) is 2.47. The number of rotatable bonds is 4. The Labute approximate surface area is 98.2 Å². The number of piperazine rings is 1. The molecule has 1 aromatic heterocycles. The normalized spacial score (nSPS) is 21.9. The van der Waals surface area contributed by atoms with Gasteiger partial charge in [-0.15, -0.1) is 0 Å². The van der Waals surface area contributed by atoms with E-state index in [9.17, 15) is 0 Å². The molecule has 0 saturated carbocycles. The van der Waals surface area contributed by atoms with E-state index in [0.29, 0.717) is 12.0 Å². The predicted octanol–water partition coefficient (Wildman–Crippen LogP) is 2.01. The molecule has 0 spiro atoms. The second-order valence-electron chi connectivity index (χ2n) is 4.74. The van der Waals surface area contributed by atoms with E-state index in [4.69, 9.17) is 0 Å². The lowest BCUT2D eigenvalue weighted by Crippen LogP contribution is -2.46. The molecule has 2 rings (SSSR count). The van der Waals surface area contributed by atoms with E-state index in [1.807, 2.05) is 6.20 Å². The van der Waals surface area contributed by atoms with Gasteiger partial charge in [0.05, 0.1) is 6.04 Å². The maximum Gasteiger partial charge on any atom is 0.0524 e. The lowest BCUT2D eigenvalue weighted by Gasteiger charge is -2.37. The standard InChI is InChI=1S/C13H23N3/c1-3-11(2)13(12-5-4-6-15-12)16-9-7-14-8-10-16/h4-6,11,13-15H,3,7-10H2,1-2H3/t11?,13-/m1/s1. The van der Waals surface area contributed by atoms with Crippen molar-refractivity contribution >= 4 is 0 Å². The fourth-order valence-electron chi connectivity index (χ4n) is 2.57. The third-order valence-electron chi connectivity index (χ3n) is 3.67. The summed E-state index contributed by atoms with van der Waals surface area (Å²) in [7, 11) is 0. The van der Waals surface area contributed by atoms with Crippen LogP contribution in [-0.2, 0) is 0 Å². The first-order valence-electron chi connectivity index (χ1n) is 6.41. The molecule has 3 heteroatoms. The number of nitrogens with one attached hydrogen (secondary N) is 2. The van der Waals surface area contributed by atoms with E-state index in [1.54, 1.807) is 0 Å². The van der Waals surface area contributed by atoms with Gasteiger partial charge in [0.2, 0.25) is 0 Å². The summed E-state index contributed by atoms with van der Waals surface area (Å²) in [6.45, 7) is 9.19. The fraction of sp³-hybridized carbons (Fsp3) is 0.692. The van der Waals surface area contributed by atoms with Gasteiger partial charge in [0.25, 0.3) is 0 Å². The van der Waals surface area contributed by atoms with Crippen molar-refractivity contribution in [2.45, 2.75) is 26.3 Å². The minimum absolute atomic E-state index is 0.557. The second kappa shape index (κ2) is 5.51. The van der Waals surface area contributed by atoms with Crippen molar-refractivity contribution in [1.29, 1.82) is 0 Å². The molecule has 1 fully saturated rings. The smallest absolute Gasteiger partial charge is 0.0524 e. The van der Waals surface area contributed by atoms with Crippen molar-refractivity contribution in [2.75, 3.05) is 26.2 Å². The molecule has 16 heavy (non-hydrogen) atoms. The summed E-state index contributed by atoms with van der Waals surface area (Å²) < 4.78 is 0. The highest BCUT2D eigenvalue weighted by molar-refractivity contribution is 5.11. The van der Waals surface area contributed by atoms with Crippen molar-refractivity contribution < 1.29 is 0 Å². The molecule has 0 bridgehead atoms. The number of H-pyrrole nitrogens is 1. The van der Waals surface area contributed by atoms with E-state index < -0.39 is 0 Å². The van der Waals surface area contributed by atoms with Gasteiger partial charge in [-0.3, -0.25) is 4.90 Å². The zero-order valence-electron chi connectivity index (χ0n) is 10.4. The summed E-state index contributed by atoms with van der Waals surface area (Å²) in [5, 5.41) is 3.42. The molecule has 2 heterocycles. The van der Waals surface area contributed by atoms with E-state index in [2.05, 4.69) is 41.2 Å². The number of aromatic amines is 1. The molecule has 1 unspecified atom stereocenters. The Morgan fingerprint density at radius 2 is 2.12 bits per heavy atom. The Balaban J connectivity index is 2.13. The zero-order chi connectivity index (χ0) is 11.4. The first kappa shape index (κ1) is 11.7. The number of hydrogen-bond acceptors (Lipinski definition) is 2. The maximum absolute atomic E-state index is 3.42. The average Bonchev–Trinajstić information content (AvgIpc) is 2.84. The minimum atomic E-state index is 0.557. The first-order valence-corrected chi connectivity index (χ1v) is 6.41. The molecule has 2 N–H and O–H groups in total. The second-order valence-corrected chi connectivity index (χ2v) is 4.74. The Morgan fingerprint density at radius 3 is 2.69 bits per heavy atom. The van der Waals surface area contributed by atoms with Gasteiger partial charge >= 0.3 is 0 Å². The number of aromatic nitrogens is 1. The number of hydrogen-bond donors (Lipinski definition) is 2. The predicted molar refractivity (Wildman–Crippen MR) is 67.4 cm³/mol. The molecule has 0 aromatic carbocycles. The Kier molecular flexibility index (Phi) is 4.02. The van der Waals surface area contributed by atoms with Crippen LogP contribution in [0.4, 0.5) is 0 Å². The van der Waals surface area contributed by atoms with Crippen LogP contribution in [0.3, 0.4) is 0 Å². The van der Waals surface area contributed by atoms with Gasteiger partial charge < -0.3 is 10.3 Å². The highest BCUT2D eigenvalue weighted by atomic mass is 15.2. The van der Waals surface area contributed by atoms with Gasteiger partial charge in [0, 0.05) is 38.1 Å². The molecular weight excluding hydrogens is 198 g/mol. The maximum atomic E-state index is 3.42. The van der Waals surface area contributed by atoms with Crippen LogP contribution in [0.15, 0.2) is 18.3 Å². The molecule has 0 radical (unpaired) electrons. The van der Waals surface area contributed by atoms with Crippen LogP contribution >= 0.6 is 0 Å². The van der Waals surface area contributed by atoms with Crippen molar-refractivity contribution in [1.82, 2.24) is 15.2 Å². The Morgan fingerprint density at radius 1 is 1.38 bits per heavy atom. The molecule has 2 atom stereocenters. The van der Waals surface area contributed by atoms with Crippen LogP contribution in [-0.4, -0.2) is 36.1 Å². The van der Waals surface area contributed by atoms with Crippen molar-refractivity contribution in [3.8, 4) is 0 Å². The van der Waals surface area contributed by atoms with Crippen molar-refractivity contribution in [2.24, 2.45) is 5.92 Å². The summed E-state index contributed by atoms with van der Waals surface area (Å²) in [6.07, 6.45) is 3.26. The Hall–Kier alpha value is -0.800. The molecule has 90 valence electrons. The lowest BCUT2D eigenvalue weighted by molar-refractivity contribution is 0.126. The molecule has 1 aliphatic rings. The van der Waals surface area contributed by atoms with Crippen molar-refractivity contribution in [3.63, 3.8) is 0 Å². The van der Waals surface area contributed by atoms with Crippen LogP contribution in [0.1, 0.15) is 32.0 Å². The zero-order valence-corrected chi connectivity index (χ0v) is 10.4.